The summed E-state index contributed by atoms with van der Waals surface area (Å²) < 4.78 is 5.83. The molecule has 4 nitrogen and oxygen atoms in total. The SMILES string of the molecule is Cc1cccc(COc2ccc(C(C)NC(=O)C3CNC3)cc2)c1.Cl. The molecule has 1 saturated heterocycles. The maximum Gasteiger partial charge on any atom is 0.226 e. The Balaban J connectivity index is 0.00000225. The molecule has 2 N–H and O–H groups in total. The fraction of sp³-hybridized carbons (Fsp3) is 0.350. The minimum atomic E-state index is 0. The number of rotatable bonds is 6. The van der Waals surface area contributed by atoms with Crippen LogP contribution < -0.4 is 15.4 Å². The van der Waals surface area contributed by atoms with Crippen molar-refractivity contribution in [3.8, 4) is 5.75 Å². The van der Waals surface area contributed by atoms with Gasteiger partial charge in [-0.1, -0.05) is 42.0 Å². The number of amides is 1. The van der Waals surface area contributed by atoms with Crippen molar-refractivity contribution in [2.75, 3.05) is 13.1 Å². The molecule has 25 heavy (non-hydrogen) atoms. The summed E-state index contributed by atoms with van der Waals surface area (Å²) in [6, 6.07) is 16.2. The lowest BCUT2D eigenvalue weighted by molar-refractivity contribution is -0.127. The van der Waals surface area contributed by atoms with Crippen LogP contribution in [-0.2, 0) is 11.4 Å². The Kier molecular flexibility index (Phi) is 6.85. The van der Waals surface area contributed by atoms with Crippen LogP contribution in [0.2, 0.25) is 0 Å². The molecule has 1 heterocycles. The quantitative estimate of drug-likeness (QED) is 0.830. The molecule has 0 bridgehead atoms. The van der Waals surface area contributed by atoms with E-state index in [0.717, 1.165) is 30.0 Å². The van der Waals surface area contributed by atoms with Gasteiger partial charge in [0.1, 0.15) is 12.4 Å². The second kappa shape index (κ2) is 8.88. The Morgan fingerprint density at radius 1 is 1.24 bits per heavy atom. The molecular formula is C20H25ClN2O2. The second-order valence-electron chi connectivity index (χ2n) is 6.43. The number of hydrogen-bond donors (Lipinski definition) is 2. The molecule has 0 spiro atoms. The van der Waals surface area contributed by atoms with Crippen molar-refractivity contribution in [1.82, 2.24) is 10.6 Å². The minimum Gasteiger partial charge on any atom is -0.489 e. The van der Waals surface area contributed by atoms with Gasteiger partial charge in [-0.25, -0.2) is 0 Å². The van der Waals surface area contributed by atoms with Gasteiger partial charge in [-0.05, 0) is 37.1 Å². The van der Waals surface area contributed by atoms with Gasteiger partial charge in [0.2, 0.25) is 5.91 Å². The van der Waals surface area contributed by atoms with Gasteiger partial charge in [-0.3, -0.25) is 4.79 Å². The summed E-state index contributed by atoms with van der Waals surface area (Å²) in [4.78, 5) is 12.0. The molecular weight excluding hydrogens is 336 g/mol. The molecule has 1 aliphatic rings. The van der Waals surface area contributed by atoms with Crippen molar-refractivity contribution >= 4 is 18.3 Å². The number of halogens is 1. The standard InChI is InChI=1S/C20H24N2O2.ClH/c1-14-4-3-5-16(10-14)13-24-19-8-6-17(7-9-19)15(2)22-20(23)18-11-21-12-18;/h3-10,15,18,21H,11-13H2,1-2H3,(H,22,23);1H. The monoisotopic (exact) mass is 360 g/mol. The molecule has 1 unspecified atom stereocenters. The fourth-order valence-electron chi connectivity index (χ4n) is 2.71. The van der Waals surface area contributed by atoms with E-state index in [-0.39, 0.29) is 30.3 Å². The molecule has 0 aliphatic carbocycles. The topological polar surface area (TPSA) is 50.4 Å². The molecule has 1 atom stereocenters. The van der Waals surface area contributed by atoms with Crippen molar-refractivity contribution in [3.63, 3.8) is 0 Å². The van der Waals surface area contributed by atoms with Crippen LogP contribution in [0.5, 0.6) is 5.75 Å². The number of carbonyl (C=O) groups excluding carboxylic acids is 1. The van der Waals surface area contributed by atoms with Gasteiger partial charge in [0.05, 0.1) is 12.0 Å². The maximum absolute atomic E-state index is 12.0. The number of hydrogen-bond acceptors (Lipinski definition) is 3. The molecule has 1 fully saturated rings. The average molecular weight is 361 g/mol. The number of carbonyl (C=O) groups is 1. The average Bonchev–Trinajstić information content (AvgIpc) is 2.51. The van der Waals surface area contributed by atoms with Crippen LogP contribution in [0.25, 0.3) is 0 Å². The third-order valence-electron chi connectivity index (χ3n) is 4.38. The first-order valence-corrected chi connectivity index (χ1v) is 8.41. The van der Waals surface area contributed by atoms with E-state index in [1.807, 2.05) is 37.3 Å². The summed E-state index contributed by atoms with van der Waals surface area (Å²) in [6.07, 6.45) is 0. The molecule has 1 amide bonds. The molecule has 2 aromatic carbocycles. The predicted molar refractivity (Wildman–Crippen MR) is 102 cm³/mol. The lowest BCUT2D eigenvalue weighted by atomic mass is 10.0. The Labute approximate surface area is 155 Å². The van der Waals surface area contributed by atoms with Crippen molar-refractivity contribution in [2.24, 2.45) is 5.92 Å². The summed E-state index contributed by atoms with van der Waals surface area (Å²) in [6.45, 7) is 6.21. The first kappa shape index (κ1) is 19.3. The van der Waals surface area contributed by atoms with E-state index < -0.39 is 0 Å². The number of ether oxygens (including phenoxy) is 1. The summed E-state index contributed by atoms with van der Waals surface area (Å²) in [5.41, 5.74) is 3.48. The van der Waals surface area contributed by atoms with Crippen LogP contribution in [0.3, 0.4) is 0 Å². The van der Waals surface area contributed by atoms with Crippen LogP contribution >= 0.6 is 12.4 Å². The first-order chi connectivity index (χ1) is 11.6. The lowest BCUT2D eigenvalue weighted by Gasteiger charge is -2.27. The van der Waals surface area contributed by atoms with Crippen LogP contribution in [0.1, 0.15) is 29.7 Å². The van der Waals surface area contributed by atoms with Gasteiger partial charge in [0.15, 0.2) is 0 Å². The van der Waals surface area contributed by atoms with E-state index in [0.29, 0.717) is 6.61 Å². The van der Waals surface area contributed by atoms with Gasteiger partial charge in [-0.2, -0.15) is 0 Å². The van der Waals surface area contributed by atoms with E-state index in [1.165, 1.54) is 5.56 Å². The van der Waals surface area contributed by atoms with Crippen molar-refractivity contribution in [2.45, 2.75) is 26.5 Å². The van der Waals surface area contributed by atoms with Gasteiger partial charge in [-0.15, -0.1) is 12.4 Å². The zero-order valence-corrected chi connectivity index (χ0v) is 15.4. The van der Waals surface area contributed by atoms with Gasteiger partial charge in [0, 0.05) is 13.1 Å². The third-order valence-corrected chi connectivity index (χ3v) is 4.38. The van der Waals surface area contributed by atoms with Crippen molar-refractivity contribution in [3.05, 3.63) is 65.2 Å². The molecule has 2 aromatic rings. The van der Waals surface area contributed by atoms with Crippen LogP contribution in [0.4, 0.5) is 0 Å². The van der Waals surface area contributed by atoms with E-state index in [2.05, 4.69) is 35.8 Å². The largest absolute Gasteiger partial charge is 0.489 e. The predicted octanol–water partition coefficient (Wildman–Crippen LogP) is 3.39. The Bertz CT molecular complexity index is 699. The Morgan fingerprint density at radius 3 is 2.56 bits per heavy atom. The summed E-state index contributed by atoms with van der Waals surface area (Å²) in [7, 11) is 0. The van der Waals surface area contributed by atoms with E-state index in [4.69, 9.17) is 4.74 Å². The minimum absolute atomic E-state index is 0. The second-order valence-corrected chi connectivity index (χ2v) is 6.43. The van der Waals surface area contributed by atoms with Gasteiger partial charge < -0.3 is 15.4 Å². The van der Waals surface area contributed by atoms with Gasteiger partial charge in [0.25, 0.3) is 0 Å². The maximum atomic E-state index is 12.0. The molecule has 0 aromatic heterocycles. The lowest BCUT2D eigenvalue weighted by Crippen LogP contribution is -2.51. The van der Waals surface area contributed by atoms with Crippen molar-refractivity contribution < 1.29 is 9.53 Å². The Hall–Kier alpha value is -2.04. The molecule has 1 aliphatic heterocycles. The molecule has 0 radical (unpaired) electrons. The highest BCUT2D eigenvalue weighted by molar-refractivity contribution is 5.85. The molecule has 134 valence electrons. The molecule has 5 heteroatoms. The highest BCUT2D eigenvalue weighted by Crippen LogP contribution is 2.19. The highest BCUT2D eigenvalue weighted by atomic mass is 35.5. The van der Waals surface area contributed by atoms with Crippen LogP contribution in [0, 0.1) is 12.8 Å². The van der Waals surface area contributed by atoms with Crippen LogP contribution in [-0.4, -0.2) is 19.0 Å². The highest BCUT2D eigenvalue weighted by Gasteiger charge is 2.25. The van der Waals surface area contributed by atoms with Crippen LogP contribution in [0.15, 0.2) is 48.5 Å². The summed E-state index contributed by atoms with van der Waals surface area (Å²) >= 11 is 0. The smallest absolute Gasteiger partial charge is 0.226 e. The summed E-state index contributed by atoms with van der Waals surface area (Å²) in [5, 5.41) is 6.18. The third kappa shape index (κ3) is 5.21. The van der Waals surface area contributed by atoms with E-state index in [9.17, 15) is 4.79 Å². The molecule has 3 rings (SSSR count). The Morgan fingerprint density at radius 2 is 1.96 bits per heavy atom. The zero-order chi connectivity index (χ0) is 16.9. The number of benzene rings is 2. The van der Waals surface area contributed by atoms with Crippen molar-refractivity contribution in [1.29, 1.82) is 0 Å². The fourth-order valence-corrected chi connectivity index (χ4v) is 2.71. The zero-order valence-electron chi connectivity index (χ0n) is 14.6. The number of nitrogens with one attached hydrogen (secondary N) is 2. The molecule has 0 saturated carbocycles. The van der Waals surface area contributed by atoms with E-state index in [1.54, 1.807) is 0 Å². The number of aryl methyl sites for hydroxylation is 1. The first-order valence-electron chi connectivity index (χ1n) is 8.41. The normalized spacial score (nSPS) is 14.8. The van der Waals surface area contributed by atoms with Gasteiger partial charge >= 0.3 is 0 Å². The summed E-state index contributed by atoms with van der Waals surface area (Å²) in [5.74, 6) is 1.08. The van der Waals surface area contributed by atoms with E-state index >= 15 is 0 Å².